The van der Waals surface area contributed by atoms with Crippen molar-refractivity contribution in [1.82, 2.24) is 5.16 Å². The molecule has 0 fully saturated rings. The number of nitrogen functional groups attached to an aromatic ring is 1. The summed E-state index contributed by atoms with van der Waals surface area (Å²) in [6, 6.07) is 2.99. The van der Waals surface area contributed by atoms with E-state index < -0.39 is 26.4 Å². The smallest absolute Gasteiger partial charge is 0.222 e. The van der Waals surface area contributed by atoms with Gasteiger partial charge in [0.05, 0.1) is 0 Å². The summed E-state index contributed by atoms with van der Waals surface area (Å²) in [7, 11) is -3.98. The quantitative estimate of drug-likeness (QED) is 0.899. The zero-order valence-electron chi connectivity index (χ0n) is 9.15. The van der Waals surface area contributed by atoms with Gasteiger partial charge >= 0.3 is 0 Å². The van der Waals surface area contributed by atoms with E-state index in [1.165, 1.54) is 6.07 Å². The van der Waals surface area contributed by atoms with Crippen LogP contribution >= 0.6 is 0 Å². The fraction of sp³-hybridized carbons (Fsp3) is 0.100. The van der Waals surface area contributed by atoms with Gasteiger partial charge in [0, 0.05) is 17.9 Å². The molecule has 2 N–H and O–H groups in total. The minimum atomic E-state index is -3.98. The Balaban J connectivity index is 2.63. The molecule has 2 rings (SSSR count). The zero-order valence-corrected chi connectivity index (χ0v) is 9.96. The molecule has 96 valence electrons. The summed E-state index contributed by atoms with van der Waals surface area (Å²) in [5.41, 5.74) is 5.43. The second-order valence-electron chi connectivity index (χ2n) is 3.66. The van der Waals surface area contributed by atoms with Gasteiger partial charge in [0.1, 0.15) is 22.2 Å². The minimum absolute atomic E-state index is 0.0157. The van der Waals surface area contributed by atoms with Gasteiger partial charge in [-0.15, -0.1) is 0 Å². The van der Waals surface area contributed by atoms with Crippen LogP contribution in [0.1, 0.15) is 0 Å². The molecule has 0 atom stereocenters. The number of aromatic nitrogens is 1. The number of benzene rings is 1. The van der Waals surface area contributed by atoms with Gasteiger partial charge in [0.2, 0.25) is 5.88 Å². The van der Waals surface area contributed by atoms with Crippen molar-refractivity contribution in [2.24, 2.45) is 0 Å². The van der Waals surface area contributed by atoms with Crippen molar-refractivity contribution in [2.45, 2.75) is 4.90 Å². The Kier molecular flexibility index (Phi) is 2.81. The third kappa shape index (κ3) is 2.19. The van der Waals surface area contributed by atoms with E-state index >= 15 is 0 Å². The van der Waals surface area contributed by atoms with Crippen LogP contribution in [0.25, 0.3) is 11.3 Å². The number of rotatable bonds is 2. The molecule has 0 bridgehead atoms. The average Bonchev–Trinajstić information content (AvgIpc) is 2.61. The van der Waals surface area contributed by atoms with Crippen LogP contribution in [0.2, 0.25) is 0 Å². The van der Waals surface area contributed by atoms with Crippen LogP contribution in [0.5, 0.6) is 0 Å². The van der Waals surface area contributed by atoms with Crippen LogP contribution in [0.4, 0.5) is 14.7 Å². The Morgan fingerprint density at radius 2 is 1.78 bits per heavy atom. The molecular weight excluding hydrogens is 266 g/mol. The van der Waals surface area contributed by atoms with Crippen molar-refractivity contribution in [3.8, 4) is 11.3 Å². The number of nitrogens with zero attached hydrogens (tertiary/aromatic N) is 1. The summed E-state index contributed by atoms with van der Waals surface area (Å²) in [6.07, 6.45) is 0.724. The van der Waals surface area contributed by atoms with Gasteiger partial charge < -0.3 is 10.3 Å². The van der Waals surface area contributed by atoms with E-state index in [0.717, 1.165) is 18.4 Å². The highest BCUT2D eigenvalue weighted by molar-refractivity contribution is 7.90. The van der Waals surface area contributed by atoms with E-state index in [1.54, 1.807) is 0 Å². The predicted molar refractivity (Wildman–Crippen MR) is 59.4 cm³/mol. The highest BCUT2D eigenvalue weighted by Crippen LogP contribution is 2.27. The normalized spacial score (nSPS) is 11.7. The third-order valence-electron chi connectivity index (χ3n) is 2.19. The van der Waals surface area contributed by atoms with Gasteiger partial charge in [-0.1, -0.05) is 5.16 Å². The maximum absolute atomic E-state index is 13.6. The third-order valence-corrected chi connectivity index (χ3v) is 3.32. The summed E-state index contributed by atoms with van der Waals surface area (Å²) in [6.45, 7) is 0. The molecule has 2 aromatic rings. The largest absolute Gasteiger partial charge is 0.368 e. The second-order valence-corrected chi connectivity index (χ2v) is 5.61. The Labute approximate surface area is 101 Å². The lowest BCUT2D eigenvalue weighted by atomic mass is 10.1. The van der Waals surface area contributed by atoms with Crippen molar-refractivity contribution in [3.63, 3.8) is 0 Å². The Bertz CT molecular complexity index is 687. The molecule has 0 saturated carbocycles. The maximum Gasteiger partial charge on any atom is 0.222 e. The molecule has 0 amide bonds. The summed E-state index contributed by atoms with van der Waals surface area (Å²) >= 11 is 0. The molecule has 1 heterocycles. The number of halogens is 2. The number of hydrogen-bond acceptors (Lipinski definition) is 5. The van der Waals surface area contributed by atoms with Gasteiger partial charge in [-0.25, -0.2) is 17.2 Å². The minimum Gasteiger partial charge on any atom is -0.368 e. The first-order chi connectivity index (χ1) is 8.29. The highest BCUT2D eigenvalue weighted by atomic mass is 32.2. The number of anilines is 1. The molecule has 0 aliphatic carbocycles. The monoisotopic (exact) mass is 274 g/mol. The topological polar surface area (TPSA) is 86.2 Å². The Morgan fingerprint density at radius 1 is 1.22 bits per heavy atom. The molecule has 0 aliphatic heterocycles. The molecule has 0 aliphatic rings. The molecule has 18 heavy (non-hydrogen) atoms. The van der Waals surface area contributed by atoms with Crippen molar-refractivity contribution >= 4 is 15.7 Å². The molecule has 0 saturated heterocycles. The van der Waals surface area contributed by atoms with E-state index in [4.69, 9.17) is 5.73 Å². The first-order valence-corrected chi connectivity index (χ1v) is 6.60. The Hall–Kier alpha value is -1.96. The fourth-order valence-corrected chi connectivity index (χ4v) is 2.31. The molecular formula is C10H8F2N2O3S. The summed E-state index contributed by atoms with van der Waals surface area (Å²) in [5.74, 6) is -2.39. The zero-order chi connectivity index (χ0) is 13.5. The molecule has 0 unspecified atom stereocenters. The average molecular weight is 274 g/mol. The van der Waals surface area contributed by atoms with E-state index in [1.807, 2.05) is 0 Å². The predicted octanol–water partition coefficient (Wildman–Crippen LogP) is 1.61. The van der Waals surface area contributed by atoms with Gasteiger partial charge in [-0.3, -0.25) is 0 Å². The van der Waals surface area contributed by atoms with Crippen LogP contribution in [0.15, 0.2) is 27.6 Å². The van der Waals surface area contributed by atoms with E-state index in [9.17, 15) is 17.2 Å². The summed E-state index contributed by atoms with van der Waals surface area (Å²) < 4.78 is 54.1. The molecule has 8 heteroatoms. The van der Waals surface area contributed by atoms with E-state index in [-0.39, 0.29) is 17.1 Å². The SMILES string of the molecule is CS(=O)(=O)c1c(F)cc(-c2cc(N)on2)cc1F. The van der Waals surface area contributed by atoms with Gasteiger partial charge in [0.25, 0.3) is 0 Å². The van der Waals surface area contributed by atoms with Crippen LogP contribution in [0.3, 0.4) is 0 Å². The number of nitrogens with two attached hydrogens (primary N) is 1. The van der Waals surface area contributed by atoms with Gasteiger partial charge in [-0.05, 0) is 12.1 Å². The summed E-state index contributed by atoms with van der Waals surface area (Å²) in [4.78, 5) is -0.970. The summed E-state index contributed by atoms with van der Waals surface area (Å²) in [5, 5.41) is 3.48. The van der Waals surface area contributed by atoms with Crippen LogP contribution in [0, 0.1) is 11.6 Å². The van der Waals surface area contributed by atoms with Crippen LogP contribution < -0.4 is 5.73 Å². The maximum atomic E-state index is 13.6. The van der Waals surface area contributed by atoms with Crippen molar-refractivity contribution in [1.29, 1.82) is 0 Å². The highest BCUT2D eigenvalue weighted by Gasteiger charge is 2.21. The van der Waals surface area contributed by atoms with E-state index in [2.05, 4.69) is 9.68 Å². The molecule has 5 nitrogen and oxygen atoms in total. The second kappa shape index (κ2) is 4.05. The molecule has 1 aromatic heterocycles. The van der Waals surface area contributed by atoms with E-state index in [0.29, 0.717) is 0 Å². The first kappa shape index (κ1) is 12.5. The molecule has 0 radical (unpaired) electrons. The van der Waals surface area contributed by atoms with Gasteiger partial charge in [0.15, 0.2) is 9.84 Å². The van der Waals surface area contributed by atoms with Crippen LogP contribution in [-0.4, -0.2) is 19.8 Å². The number of sulfone groups is 1. The number of hydrogen-bond donors (Lipinski definition) is 1. The Morgan fingerprint density at radius 3 is 2.17 bits per heavy atom. The van der Waals surface area contributed by atoms with Crippen molar-refractivity contribution < 1.29 is 21.7 Å². The molecule has 1 aromatic carbocycles. The van der Waals surface area contributed by atoms with Crippen LogP contribution in [-0.2, 0) is 9.84 Å². The lowest BCUT2D eigenvalue weighted by Crippen LogP contribution is -2.04. The van der Waals surface area contributed by atoms with Crippen molar-refractivity contribution in [2.75, 3.05) is 12.0 Å². The first-order valence-electron chi connectivity index (χ1n) is 4.70. The lowest BCUT2D eigenvalue weighted by molar-refractivity contribution is 0.439. The lowest BCUT2D eigenvalue weighted by Gasteiger charge is -2.04. The fourth-order valence-electron chi connectivity index (χ4n) is 1.49. The van der Waals surface area contributed by atoms with Crippen molar-refractivity contribution in [3.05, 3.63) is 29.8 Å². The molecule has 0 spiro atoms. The van der Waals surface area contributed by atoms with Gasteiger partial charge in [-0.2, -0.15) is 0 Å². The standard InChI is InChI=1S/C10H8F2N2O3S/c1-18(15,16)10-6(11)2-5(3-7(10)12)8-4-9(13)17-14-8/h2-4H,13H2,1H3.